The van der Waals surface area contributed by atoms with Gasteiger partial charge in [0.1, 0.15) is 0 Å². The highest BCUT2D eigenvalue weighted by molar-refractivity contribution is 5.77. The van der Waals surface area contributed by atoms with Crippen molar-refractivity contribution in [3.8, 4) is 0 Å². The number of aromatic amines is 1. The molecule has 86 valence electrons. The second-order valence-electron chi connectivity index (χ2n) is 4.01. The van der Waals surface area contributed by atoms with Crippen molar-refractivity contribution in [3.63, 3.8) is 0 Å². The van der Waals surface area contributed by atoms with E-state index in [0.29, 0.717) is 11.0 Å². The number of aromatic nitrogens is 2. The van der Waals surface area contributed by atoms with Crippen molar-refractivity contribution in [1.29, 1.82) is 0 Å². The molecule has 0 spiro atoms. The summed E-state index contributed by atoms with van der Waals surface area (Å²) in [6, 6.07) is 2.62. The minimum absolute atomic E-state index is 0.183. The summed E-state index contributed by atoms with van der Waals surface area (Å²) in [6.45, 7) is 3.48. The number of alkyl halides is 3. The molecule has 0 bridgehead atoms. The molecule has 5 heteroatoms. The standard InChI is InChI=1S/C11H11F3N2/c1-6(2)7-3-9-10(16-5-15-9)4-8(7)11(12,13)14/h3-6H,1-2H3,(H,15,16). The molecular weight excluding hydrogens is 217 g/mol. The third kappa shape index (κ3) is 1.77. The first-order chi connectivity index (χ1) is 7.39. The SMILES string of the molecule is CC(C)c1cc2nc[nH]c2cc1C(F)(F)F. The van der Waals surface area contributed by atoms with Gasteiger partial charge in [0.25, 0.3) is 0 Å². The molecule has 0 amide bonds. The fraction of sp³-hybridized carbons (Fsp3) is 0.364. The van der Waals surface area contributed by atoms with Gasteiger partial charge in [0.05, 0.1) is 22.9 Å². The molecule has 0 radical (unpaired) electrons. The van der Waals surface area contributed by atoms with Crippen LogP contribution in [0.1, 0.15) is 30.9 Å². The molecule has 0 saturated heterocycles. The highest BCUT2D eigenvalue weighted by Gasteiger charge is 2.34. The minimum atomic E-state index is -4.32. The number of halogens is 3. The van der Waals surface area contributed by atoms with E-state index in [1.165, 1.54) is 12.4 Å². The topological polar surface area (TPSA) is 28.7 Å². The van der Waals surface area contributed by atoms with Crippen molar-refractivity contribution >= 4 is 11.0 Å². The van der Waals surface area contributed by atoms with Gasteiger partial charge in [-0.15, -0.1) is 0 Å². The van der Waals surface area contributed by atoms with E-state index in [0.717, 1.165) is 6.07 Å². The summed E-state index contributed by atoms with van der Waals surface area (Å²) >= 11 is 0. The molecule has 1 N–H and O–H groups in total. The van der Waals surface area contributed by atoms with E-state index in [-0.39, 0.29) is 11.5 Å². The van der Waals surface area contributed by atoms with Crippen LogP contribution in [-0.2, 0) is 6.18 Å². The third-order valence-corrected chi connectivity index (χ3v) is 2.52. The van der Waals surface area contributed by atoms with Crippen LogP contribution in [0.25, 0.3) is 11.0 Å². The molecule has 2 nitrogen and oxygen atoms in total. The van der Waals surface area contributed by atoms with E-state index in [2.05, 4.69) is 9.97 Å². The molecule has 2 rings (SSSR count). The van der Waals surface area contributed by atoms with Crippen LogP contribution in [0.5, 0.6) is 0 Å². The van der Waals surface area contributed by atoms with Crippen LogP contribution in [-0.4, -0.2) is 9.97 Å². The van der Waals surface area contributed by atoms with E-state index < -0.39 is 11.7 Å². The molecule has 0 aliphatic heterocycles. The van der Waals surface area contributed by atoms with Crippen LogP contribution in [0.4, 0.5) is 13.2 Å². The first kappa shape index (κ1) is 11.0. The van der Waals surface area contributed by atoms with Gasteiger partial charge in [-0.25, -0.2) is 4.98 Å². The Morgan fingerprint density at radius 1 is 1.25 bits per heavy atom. The maximum atomic E-state index is 12.8. The summed E-state index contributed by atoms with van der Waals surface area (Å²) in [5.41, 5.74) is 0.680. The number of nitrogens with zero attached hydrogens (tertiary/aromatic N) is 1. The normalized spacial score (nSPS) is 12.6. The predicted molar refractivity (Wildman–Crippen MR) is 55.2 cm³/mol. The van der Waals surface area contributed by atoms with Crippen LogP contribution in [0.15, 0.2) is 18.5 Å². The first-order valence-corrected chi connectivity index (χ1v) is 4.94. The first-order valence-electron chi connectivity index (χ1n) is 4.94. The summed E-state index contributed by atoms with van der Waals surface area (Å²) in [5, 5.41) is 0. The lowest BCUT2D eigenvalue weighted by molar-refractivity contribution is -0.138. The lowest BCUT2D eigenvalue weighted by Gasteiger charge is -2.15. The van der Waals surface area contributed by atoms with Gasteiger partial charge in [-0.1, -0.05) is 13.8 Å². The summed E-state index contributed by atoms with van der Waals surface area (Å²) in [4.78, 5) is 6.65. The second-order valence-corrected chi connectivity index (χ2v) is 4.01. The number of rotatable bonds is 1. The number of imidazole rings is 1. The Morgan fingerprint density at radius 2 is 1.94 bits per heavy atom. The van der Waals surface area contributed by atoms with Gasteiger partial charge < -0.3 is 4.98 Å². The smallest absolute Gasteiger partial charge is 0.345 e. The van der Waals surface area contributed by atoms with E-state index in [1.807, 2.05) is 0 Å². The monoisotopic (exact) mass is 228 g/mol. The Kier molecular flexibility index (Phi) is 2.40. The summed E-state index contributed by atoms with van der Waals surface area (Å²) < 4.78 is 38.4. The Morgan fingerprint density at radius 3 is 2.50 bits per heavy atom. The Labute approximate surface area is 90.5 Å². The van der Waals surface area contributed by atoms with Gasteiger partial charge in [-0.05, 0) is 23.6 Å². The fourth-order valence-electron chi connectivity index (χ4n) is 1.72. The average molecular weight is 228 g/mol. The van der Waals surface area contributed by atoms with E-state index in [9.17, 15) is 13.2 Å². The van der Waals surface area contributed by atoms with Gasteiger partial charge >= 0.3 is 6.18 Å². The number of fused-ring (bicyclic) bond motifs is 1. The lowest BCUT2D eigenvalue weighted by Crippen LogP contribution is -2.10. The zero-order valence-electron chi connectivity index (χ0n) is 8.89. The van der Waals surface area contributed by atoms with Crippen molar-refractivity contribution in [2.45, 2.75) is 25.9 Å². The molecule has 0 saturated carbocycles. The highest BCUT2D eigenvalue weighted by Crippen LogP contribution is 2.36. The lowest BCUT2D eigenvalue weighted by atomic mass is 9.96. The van der Waals surface area contributed by atoms with Crippen molar-refractivity contribution in [3.05, 3.63) is 29.6 Å². The van der Waals surface area contributed by atoms with Gasteiger partial charge in [-0.3, -0.25) is 0 Å². The fourth-order valence-corrected chi connectivity index (χ4v) is 1.72. The second kappa shape index (κ2) is 3.50. The molecule has 0 atom stereocenters. The number of H-pyrrole nitrogens is 1. The molecule has 0 aliphatic rings. The van der Waals surface area contributed by atoms with Gasteiger partial charge in [0, 0.05) is 0 Å². The van der Waals surface area contributed by atoms with Crippen molar-refractivity contribution < 1.29 is 13.2 Å². The molecule has 0 fully saturated rings. The highest BCUT2D eigenvalue weighted by atomic mass is 19.4. The maximum Gasteiger partial charge on any atom is 0.416 e. The largest absolute Gasteiger partial charge is 0.416 e. The van der Waals surface area contributed by atoms with E-state index in [1.54, 1.807) is 13.8 Å². The Bertz CT molecular complexity index is 511. The summed E-state index contributed by atoms with van der Waals surface area (Å²) in [5.74, 6) is -0.183. The molecule has 16 heavy (non-hydrogen) atoms. The van der Waals surface area contributed by atoms with Gasteiger partial charge in [0.2, 0.25) is 0 Å². The van der Waals surface area contributed by atoms with Crippen LogP contribution in [0, 0.1) is 0 Å². The van der Waals surface area contributed by atoms with Crippen LogP contribution >= 0.6 is 0 Å². The molecule has 1 aromatic heterocycles. The number of nitrogens with one attached hydrogen (secondary N) is 1. The van der Waals surface area contributed by atoms with Crippen LogP contribution in [0.2, 0.25) is 0 Å². The zero-order valence-corrected chi connectivity index (χ0v) is 8.89. The van der Waals surface area contributed by atoms with E-state index in [4.69, 9.17) is 0 Å². The number of hydrogen-bond acceptors (Lipinski definition) is 1. The zero-order chi connectivity index (χ0) is 11.9. The number of hydrogen-bond donors (Lipinski definition) is 1. The molecular formula is C11H11F3N2. The van der Waals surface area contributed by atoms with Crippen LogP contribution in [0.3, 0.4) is 0 Å². The maximum absolute atomic E-state index is 12.8. The molecule has 0 aliphatic carbocycles. The van der Waals surface area contributed by atoms with Gasteiger partial charge in [-0.2, -0.15) is 13.2 Å². The summed E-state index contributed by atoms with van der Waals surface area (Å²) in [7, 11) is 0. The quantitative estimate of drug-likeness (QED) is 0.792. The molecule has 1 heterocycles. The third-order valence-electron chi connectivity index (χ3n) is 2.52. The summed E-state index contributed by atoms with van der Waals surface area (Å²) in [6.07, 6.45) is -2.92. The molecule has 0 unspecified atom stereocenters. The van der Waals surface area contributed by atoms with Gasteiger partial charge in [0.15, 0.2) is 0 Å². The predicted octanol–water partition coefficient (Wildman–Crippen LogP) is 3.71. The Hall–Kier alpha value is -1.52. The van der Waals surface area contributed by atoms with Crippen molar-refractivity contribution in [1.82, 2.24) is 9.97 Å². The molecule has 2 aromatic rings. The number of benzene rings is 1. The van der Waals surface area contributed by atoms with Crippen LogP contribution < -0.4 is 0 Å². The van der Waals surface area contributed by atoms with Crippen molar-refractivity contribution in [2.24, 2.45) is 0 Å². The molecule has 1 aromatic carbocycles. The Balaban J connectivity index is 2.72. The minimum Gasteiger partial charge on any atom is -0.345 e. The van der Waals surface area contributed by atoms with E-state index >= 15 is 0 Å². The average Bonchev–Trinajstić information content (AvgIpc) is 2.60. The van der Waals surface area contributed by atoms with Crippen molar-refractivity contribution in [2.75, 3.05) is 0 Å².